The van der Waals surface area contributed by atoms with Crippen LogP contribution in [-0.2, 0) is 0 Å². The average molecular weight is 172 g/mol. The Bertz CT molecular complexity index is 128. The number of nitrogens with zero attached hydrogens (tertiary/aromatic N) is 1. The van der Waals surface area contributed by atoms with Crippen LogP contribution in [0.25, 0.3) is 0 Å². The average Bonchev–Trinajstić information content (AvgIpc) is 2.05. The van der Waals surface area contributed by atoms with Gasteiger partial charge in [0.05, 0.1) is 6.61 Å². The summed E-state index contributed by atoms with van der Waals surface area (Å²) in [6.45, 7) is 5.12. The minimum Gasteiger partial charge on any atom is -0.395 e. The molecule has 1 fully saturated rings. The maximum atomic E-state index is 8.84. The SMILES string of the molecule is CC1CCCN(CCO)C1CN. The predicted molar refractivity (Wildman–Crippen MR) is 49.9 cm³/mol. The number of rotatable bonds is 3. The van der Waals surface area contributed by atoms with Gasteiger partial charge in [-0.3, -0.25) is 4.90 Å². The van der Waals surface area contributed by atoms with Gasteiger partial charge in [0.15, 0.2) is 0 Å². The number of β-amino-alcohol motifs (C(OH)–C–C–N with tert-alkyl or cyclic N) is 1. The Hall–Kier alpha value is -0.120. The maximum Gasteiger partial charge on any atom is 0.0558 e. The summed E-state index contributed by atoms with van der Waals surface area (Å²) in [5.74, 6) is 0.690. The summed E-state index contributed by atoms with van der Waals surface area (Å²) < 4.78 is 0. The van der Waals surface area contributed by atoms with Crippen molar-refractivity contribution < 1.29 is 5.11 Å². The van der Waals surface area contributed by atoms with Crippen molar-refractivity contribution in [1.82, 2.24) is 4.90 Å². The molecule has 12 heavy (non-hydrogen) atoms. The summed E-state index contributed by atoms with van der Waals surface area (Å²) in [5, 5.41) is 8.84. The van der Waals surface area contributed by atoms with Crippen molar-refractivity contribution in [2.45, 2.75) is 25.8 Å². The Balaban J connectivity index is 2.45. The molecule has 2 unspecified atom stereocenters. The first-order chi connectivity index (χ1) is 5.79. The van der Waals surface area contributed by atoms with Crippen molar-refractivity contribution >= 4 is 0 Å². The minimum atomic E-state index is 0.253. The van der Waals surface area contributed by atoms with Crippen LogP contribution in [0.4, 0.5) is 0 Å². The number of hydrogen-bond donors (Lipinski definition) is 2. The number of likely N-dealkylation sites (tertiary alicyclic amines) is 1. The van der Waals surface area contributed by atoms with Crippen molar-refractivity contribution in [2.75, 3.05) is 26.2 Å². The van der Waals surface area contributed by atoms with E-state index in [0.29, 0.717) is 12.0 Å². The molecule has 1 rings (SSSR count). The Kier molecular flexibility index (Phi) is 3.98. The van der Waals surface area contributed by atoms with Gasteiger partial charge in [-0.05, 0) is 25.3 Å². The zero-order valence-electron chi connectivity index (χ0n) is 7.87. The second-order valence-corrected chi connectivity index (χ2v) is 3.68. The van der Waals surface area contributed by atoms with Gasteiger partial charge in [-0.1, -0.05) is 6.92 Å². The topological polar surface area (TPSA) is 49.5 Å². The highest BCUT2D eigenvalue weighted by atomic mass is 16.3. The van der Waals surface area contributed by atoms with E-state index in [9.17, 15) is 0 Å². The summed E-state index contributed by atoms with van der Waals surface area (Å²) in [4.78, 5) is 2.31. The molecule has 3 heteroatoms. The van der Waals surface area contributed by atoms with Crippen LogP contribution in [0.2, 0.25) is 0 Å². The highest BCUT2D eigenvalue weighted by Crippen LogP contribution is 2.21. The number of aliphatic hydroxyl groups is 1. The van der Waals surface area contributed by atoms with Crippen molar-refractivity contribution in [2.24, 2.45) is 11.7 Å². The molecule has 3 nitrogen and oxygen atoms in total. The smallest absolute Gasteiger partial charge is 0.0558 e. The first kappa shape index (κ1) is 9.96. The molecule has 0 radical (unpaired) electrons. The standard InChI is InChI=1S/C9H20N2O/c1-8-3-2-4-11(5-6-12)9(8)7-10/h8-9,12H,2-7,10H2,1H3. The van der Waals surface area contributed by atoms with Gasteiger partial charge in [0.2, 0.25) is 0 Å². The molecule has 0 aromatic rings. The number of piperidine rings is 1. The molecule has 2 atom stereocenters. The molecule has 0 saturated carbocycles. The minimum absolute atomic E-state index is 0.253. The first-order valence-electron chi connectivity index (χ1n) is 4.84. The van der Waals surface area contributed by atoms with E-state index < -0.39 is 0 Å². The van der Waals surface area contributed by atoms with Crippen LogP contribution in [0, 0.1) is 5.92 Å². The lowest BCUT2D eigenvalue weighted by atomic mass is 9.91. The second kappa shape index (κ2) is 4.80. The van der Waals surface area contributed by atoms with Crippen LogP contribution in [0.15, 0.2) is 0 Å². The summed E-state index contributed by atoms with van der Waals surface area (Å²) in [6, 6.07) is 0.492. The quantitative estimate of drug-likeness (QED) is 0.632. The fourth-order valence-corrected chi connectivity index (χ4v) is 2.12. The van der Waals surface area contributed by atoms with Crippen molar-refractivity contribution in [3.63, 3.8) is 0 Å². The van der Waals surface area contributed by atoms with E-state index in [1.165, 1.54) is 12.8 Å². The van der Waals surface area contributed by atoms with Crippen LogP contribution in [0.1, 0.15) is 19.8 Å². The van der Waals surface area contributed by atoms with Gasteiger partial charge in [-0.15, -0.1) is 0 Å². The molecule has 0 aliphatic carbocycles. The van der Waals surface area contributed by atoms with E-state index in [-0.39, 0.29) is 6.61 Å². The normalized spacial score (nSPS) is 32.2. The highest BCUT2D eigenvalue weighted by molar-refractivity contribution is 4.82. The molecule has 1 aliphatic heterocycles. The first-order valence-corrected chi connectivity index (χ1v) is 4.84. The zero-order valence-corrected chi connectivity index (χ0v) is 7.87. The number of hydrogen-bond acceptors (Lipinski definition) is 3. The number of aliphatic hydroxyl groups excluding tert-OH is 1. The fraction of sp³-hybridized carbons (Fsp3) is 1.00. The van der Waals surface area contributed by atoms with Gasteiger partial charge in [-0.2, -0.15) is 0 Å². The van der Waals surface area contributed by atoms with E-state index in [0.717, 1.165) is 19.6 Å². The summed E-state index contributed by atoms with van der Waals surface area (Å²) in [7, 11) is 0. The molecule has 3 N–H and O–H groups in total. The lowest BCUT2D eigenvalue weighted by Crippen LogP contribution is -2.49. The Morgan fingerprint density at radius 1 is 1.58 bits per heavy atom. The summed E-state index contributed by atoms with van der Waals surface area (Å²) in [5.41, 5.74) is 5.69. The van der Waals surface area contributed by atoms with Gasteiger partial charge < -0.3 is 10.8 Å². The lowest BCUT2D eigenvalue weighted by Gasteiger charge is -2.39. The van der Waals surface area contributed by atoms with Crippen LogP contribution < -0.4 is 5.73 Å². The zero-order chi connectivity index (χ0) is 8.97. The van der Waals surface area contributed by atoms with Crippen molar-refractivity contribution in [3.8, 4) is 0 Å². The van der Waals surface area contributed by atoms with E-state index >= 15 is 0 Å². The second-order valence-electron chi connectivity index (χ2n) is 3.68. The summed E-state index contributed by atoms with van der Waals surface area (Å²) in [6.07, 6.45) is 2.53. The van der Waals surface area contributed by atoms with E-state index in [2.05, 4.69) is 11.8 Å². The van der Waals surface area contributed by atoms with Crippen LogP contribution in [0.3, 0.4) is 0 Å². The maximum absolute atomic E-state index is 8.84. The molecule has 0 aromatic carbocycles. The molecule has 72 valence electrons. The molecular weight excluding hydrogens is 152 g/mol. The Morgan fingerprint density at radius 3 is 2.92 bits per heavy atom. The van der Waals surface area contributed by atoms with E-state index in [4.69, 9.17) is 10.8 Å². The molecule has 0 amide bonds. The van der Waals surface area contributed by atoms with Gasteiger partial charge in [0, 0.05) is 19.1 Å². The Labute approximate surface area is 74.5 Å². The van der Waals surface area contributed by atoms with Gasteiger partial charge >= 0.3 is 0 Å². The third-order valence-electron chi connectivity index (χ3n) is 2.86. The third-order valence-corrected chi connectivity index (χ3v) is 2.86. The van der Waals surface area contributed by atoms with Gasteiger partial charge in [-0.25, -0.2) is 0 Å². The third kappa shape index (κ3) is 2.19. The monoisotopic (exact) mass is 172 g/mol. The van der Waals surface area contributed by atoms with Crippen LogP contribution in [0.5, 0.6) is 0 Å². The van der Waals surface area contributed by atoms with Gasteiger partial charge in [0.1, 0.15) is 0 Å². The summed E-state index contributed by atoms with van der Waals surface area (Å²) >= 11 is 0. The van der Waals surface area contributed by atoms with E-state index in [1.54, 1.807) is 0 Å². The molecule has 0 aromatic heterocycles. The highest BCUT2D eigenvalue weighted by Gasteiger charge is 2.26. The molecule has 1 saturated heterocycles. The number of nitrogens with two attached hydrogens (primary N) is 1. The fourth-order valence-electron chi connectivity index (χ4n) is 2.12. The predicted octanol–water partition coefficient (Wildman–Crippen LogP) is 0.0379. The molecule has 1 heterocycles. The lowest BCUT2D eigenvalue weighted by molar-refractivity contribution is 0.0851. The van der Waals surface area contributed by atoms with Crippen LogP contribution in [-0.4, -0.2) is 42.3 Å². The molecular formula is C9H20N2O. The molecule has 0 bridgehead atoms. The van der Waals surface area contributed by atoms with Crippen molar-refractivity contribution in [3.05, 3.63) is 0 Å². The molecule has 0 spiro atoms. The Morgan fingerprint density at radius 2 is 2.33 bits per heavy atom. The van der Waals surface area contributed by atoms with Crippen molar-refractivity contribution in [1.29, 1.82) is 0 Å². The van der Waals surface area contributed by atoms with Gasteiger partial charge in [0.25, 0.3) is 0 Å². The van der Waals surface area contributed by atoms with E-state index in [1.807, 2.05) is 0 Å². The molecule has 1 aliphatic rings. The largest absolute Gasteiger partial charge is 0.395 e. The van der Waals surface area contributed by atoms with Crippen LogP contribution >= 0.6 is 0 Å².